The number of anilines is 3. The van der Waals surface area contributed by atoms with Crippen molar-refractivity contribution in [1.82, 2.24) is 15.2 Å². The van der Waals surface area contributed by atoms with E-state index >= 15 is 0 Å². The van der Waals surface area contributed by atoms with Crippen LogP contribution in [-0.4, -0.2) is 56.3 Å². The number of hydrogen-bond donors (Lipinski definition) is 3. The fourth-order valence-corrected chi connectivity index (χ4v) is 4.56. The van der Waals surface area contributed by atoms with Crippen molar-refractivity contribution in [2.75, 3.05) is 57.5 Å². The van der Waals surface area contributed by atoms with Gasteiger partial charge in [0.1, 0.15) is 17.6 Å². The van der Waals surface area contributed by atoms with Crippen molar-refractivity contribution in [1.29, 1.82) is 5.26 Å². The number of fused-ring (bicyclic) bond motifs is 1. The molecular formula is C30H32N6O3. The van der Waals surface area contributed by atoms with Crippen LogP contribution in [0, 0.1) is 11.3 Å². The first-order chi connectivity index (χ1) is 19.1. The zero-order valence-corrected chi connectivity index (χ0v) is 21.9. The smallest absolute Gasteiger partial charge is 0.163 e. The molecule has 0 saturated carbocycles. The summed E-state index contributed by atoms with van der Waals surface area (Å²) in [4.78, 5) is 6.96. The number of aromatic nitrogens is 1. The third-order valence-electron chi connectivity index (χ3n) is 6.58. The largest absolute Gasteiger partial charge is 0.493 e. The standard InChI is InChI=1S/C30H32N6O3/c1-37-28-17-26-27(18-29(28)38-15-3-12-36-13-10-33-11-14-36)34-20-21(19-31)30(26)35-23-6-8-24(9-7-23)39-25-5-2-4-22(32)16-25/h2,4-9,16-18,20,33H,3,10-15,32H2,1H3,(H,34,35). The summed E-state index contributed by atoms with van der Waals surface area (Å²) in [6.07, 6.45) is 2.49. The van der Waals surface area contributed by atoms with Gasteiger partial charge in [-0.25, -0.2) is 0 Å². The van der Waals surface area contributed by atoms with Crippen LogP contribution in [0.1, 0.15) is 12.0 Å². The van der Waals surface area contributed by atoms with Gasteiger partial charge in [-0.05, 0) is 48.9 Å². The first-order valence-corrected chi connectivity index (χ1v) is 13.0. The number of rotatable bonds is 10. The van der Waals surface area contributed by atoms with E-state index in [2.05, 4.69) is 26.6 Å². The van der Waals surface area contributed by atoms with Gasteiger partial charge < -0.3 is 35.5 Å². The first-order valence-electron chi connectivity index (χ1n) is 13.0. The summed E-state index contributed by atoms with van der Waals surface area (Å²) in [5.74, 6) is 2.56. The number of hydrogen-bond acceptors (Lipinski definition) is 9. The average Bonchev–Trinajstić information content (AvgIpc) is 2.96. The van der Waals surface area contributed by atoms with E-state index in [-0.39, 0.29) is 0 Å². The van der Waals surface area contributed by atoms with Gasteiger partial charge >= 0.3 is 0 Å². The molecule has 0 bridgehead atoms. The first kappa shape index (κ1) is 26.1. The van der Waals surface area contributed by atoms with Crippen molar-refractivity contribution in [3.8, 4) is 29.1 Å². The van der Waals surface area contributed by atoms with E-state index < -0.39 is 0 Å². The van der Waals surface area contributed by atoms with Crippen molar-refractivity contribution in [3.05, 3.63) is 72.4 Å². The second kappa shape index (κ2) is 12.3. The van der Waals surface area contributed by atoms with Gasteiger partial charge in [0.15, 0.2) is 11.5 Å². The second-order valence-corrected chi connectivity index (χ2v) is 9.30. The highest BCUT2D eigenvalue weighted by atomic mass is 16.5. The van der Waals surface area contributed by atoms with Crippen LogP contribution in [0.3, 0.4) is 0 Å². The Morgan fingerprint density at radius 1 is 1.05 bits per heavy atom. The predicted octanol–water partition coefficient (Wildman–Crippen LogP) is 4.91. The third-order valence-corrected chi connectivity index (χ3v) is 6.58. The van der Waals surface area contributed by atoms with Crippen LogP contribution in [0.2, 0.25) is 0 Å². The molecule has 1 aliphatic heterocycles. The maximum Gasteiger partial charge on any atom is 0.163 e. The number of nitrogens with zero attached hydrogens (tertiary/aromatic N) is 3. The maximum atomic E-state index is 9.79. The monoisotopic (exact) mass is 524 g/mol. The summed E-state index contributed by atoms with van der Waals surface area (Å²) in [5.41, 5.74) is 9.06. The van der Waals surface area contributed by atoms with E-state index in [1.54, 1.807) is 19.4 Å². The van der Waals surface area contributed by atoms with Crippen molar-refractivity contribution < 1.29 is 14.2 Å². The molecule has 2 heterocycles. The zero-order valence-electron chi connectivity index (χ0n) is 21.9. The predicted molar refractivity (Wildman–Crippen MR) is 153 cm³/mol. The van der Waals surface area contributed by atoms with Gasteiger partial charge in [-0.2, -0.15) is 5.26 Å². The van der Waals surface area contributed by atoms with Gasteiger partial charge in [0.05, 0.1) is 30.5 Å². The molecule has 39 heavy (non-hydrogen) atoms. The Hall–Kier alpha value is -4.52. The molecular weight excluding hydrogens is 492 g/mol. The van der Waals surface area contributed by atoms with Crippen LogP contribution in [0.25, 0.3) is 10.9 Å². The molecule has 1 fully saturated rings. The summed E-state index contributed by atoms with van der Waals surface area (Å²) in [7, 11) is 1.61. The Kier molecular flexibility index (Phi) is 8.26. The van der Waals surface area contributed by atoms with Gasteiger partial charge in [-0.1, -0.05) is 6.07 Å². The lowest BCUT2D eigenvalue weighted by Gasteiger charge is -2.27. The minimum atomic E-state index is 0.425. The SMILES string of the molecule is COc1cc2c(Nc3ccc(Oc4cccc(N)c4)cc3)c(C#N)cnc2cc1OCCCN1CCNCC1. The van der Waals surface area contributed by atoms with Crippen molar-refractivity contribution in [3.63, 3.8) is 0 Å². The zero-order chi connectivity index (χ0) is 27.0. The van der Waals surface area contributed by atoms with E-state index in [1.807, 2.05) is 54.6 Å². The number of nitrogens with one attached hydrogen (secondary N) is 2. The minimum absolute atomic E-state index is 0.425. The summed E-state index contributed by atoms with van der Waals surface area (Å²) in [5, 5.41) is 17.3. The van der Waals surface area contributed by atoms with Crippen LogP contribution in [0.5, 0.6) is 23.0 Å². The Balaban J connectivity index is 1.32. The highest BCUT2D eigenvalue weighted by molar-refractivity contribution is 5.97. The van der Waals surface area contributed by atoms with Crippen LogP contribution >= 0.6 is 0 Å². The molecule has 5 rings (SSSR count). The van der Waals surface area contributed by atoms with Gasteiger partial charge in [0, 0.05) is 67.8 Å². The molecule has 0 atom stereocenters. The molecule has 200 valence electrons. The molecule has 1 saturated heterocycles. The molecule has 4 aromatic rings. The van der Waals surface area contributed by atoms with Crippen molar-refractivity contribution in [2.24, 2.45) is 0 Å². The molecule has 0 amide bonds. The molecule has 9 nitrogen and oxygen atoms in total. The number of nitriles is 1. The molecule has 4 N–H and O–H groups in total. The lowest BCUT2D eigenvalue weighted by atomic mass is 10.1. The molecule has 9 heteroatoms. The van der Waals surface area contributed by atoms with Crippen LogP contribution in [0.15, 0.2) is 66.9 Å². The van der Waals surface area contributed by atoms with Gasteiger partial charge in [0.2, 0.25) is 0 Å². The number of pyridine rings is 1. The fraction of sp³-hybridized carbons (Fsp3) is 0.267. The number of nitrogen functional groups attached to an aromatic ring is 1. The lowest BCUT2D eigenvalue weighted by molar-refractivity contribution is 0.211. The molecule has 1 aliphatic rings. The van der Waals surface area contributed by atoms with E-state index in [0.29, 0.717) is 52.1 Å². The van der Waals surface area contributed by atoms with E-state index in [4.69, 9.17) is 19.9 Å². The summed E-state index contributed by atoms with van der Waals surface area (Å²) < 4.78 is 17.6. The quantitative estimate of drug-likeness (QED) is 0.196. The molecule has 3 aromatic carbocycles. The van der Waals surface area contributed by atoms with Crippen LogP contribution in [0.4, 0.5) is 17.1 Å². The molecule has 1 aromatic heterocycles. The Bertz CT molecular complexity index is 1460. The molecule has 0 unspecified atom stereocenters. The van der Waals surface area contributed by atoms with Gasteiger partial charge in [-0.3, -0.25) is 4.98 Å². The summed E-state index contributed by atoms with van der Waals surface area (Å²) in [6.45, 7) is 5.78. The van der Waals surface area contributed by atoms with Crippen molar-refractivity contribution >= 4 is 28.0 Å². The minimum Gasteiger partial charge on any atom is -0.493 e. The van der Waals surface area contributed by atoms with E-state index in [9.17, 15) is 5.26 Å². The fourth-order valence-electron chi connectivity index (χ4n) is 4.56. The lowest BCUT2D eigenvalue weighted by Crippen LogP contribution is -2.43. The highest BCUT2D eigenvalue weighted by Gasteiger charge is 2.15. The molecule has 0 radical (unpaired) electrons. The van der Waals surface area contributed by atoms with Crippen molar-refractivity contribution in [2.45, 2.75) is 6.42 Å². The normalized spacial score (nSPS) is 13.5. The molecule has 0 aliphatic carbocycles. The highest BCUT2D eigenvalue weighted by Crippen LogP contribution is 2.37. The van der Waals surface area contributed by atoms with E-state index in [0.717, 1.165) is 50.2 Å². The third kappa shape index (κ3) is 6.49. The average molecular weight is 525 g/mol. The Labute approximate surface area is 228 Å². The molecule has 0 spiro atoms. The Morgan fingerprint density at radius 3 is 2.62 bits per heavy atom. The van der Waals surface area contributed by atoms with Gasteiger partial charge in [-0.15, -0.1) is 0 Å². The number of piperazine rings is 1. The summed E-state index contributed by atoms with van der Waals surface area (Å²) >= 11 is 0. The Morgan fingerprint density at radius 2 is 1.87 bits per heavy atom. The number of benzene rings is 3. The number of nitrogens with two attached hydrogens (primary N) is 1. The maximum absolute atomic E-state index is 9.79. The number of ether oxygens (including phenoxy) is 3. The second-order valence-electron chi connectivity index (χ2n) is 9.30. The van der Waals surface area contributed by atoms with E-state index in [1.165, 1.54) is 0 Å². The van der Waals surface area contributed by atoms with Gasteiger partial charge in [0.25, 0.3) is 0 Å². The van der Waals surface area contributed by atoms with Crippen LogP contribution < -0.4 is 30.6 Å². The number of methoxy groups -OCH3 is 1. The van der Waals surface area contributed by atoms with Crippen LogP contribution in [-0.2, 0) is 0 Å². The topological polar surface area (TPSA) is 118 Å². The summed E-state index contributed by atoms with van der Waals surface area (Å²) in [6, 6.07) is 20.7.